The molecule has 0 radical (unpaired) electrons. The Morgan fingerprint density at radius 1 is 0.640 bits per heavy atom. The largest absolute Gasteiger partial charge is 0.479 e. The van der Waals surface area contributed by atoms with Crippen molar-refractivity contribution in [2.75, 3.05) is 13.2 Å². The third-order valence-corrected chi connectivity index (χ3v) is 21.0. The van der Waals surface area contributed by atoms with Gasteiger partial charge in [-0.2, -0.15) is 0 Å². The summed E-state index contributed by atoms with van der Waals surface area (Å²) < 4.78 is 47.4. The molecule has 9 rings (SSSR count). The third kappa shape index (κ3) is 9.36. The molecule has 4 aliphatic heterocycles. The molecule has 4 saturated carbocycles. The zero-order chi connectivity index (χ0) is 54.9. The molecule has 428 valence electrons. The number of carboxylic acid groups (broad SMARTS) is 1. The minimum absolute atomic E-state index is 0.0798. The second-order valence-corrected chi connectivity index (χ2v) is 25.8. The molecule has 0 amide bonds. The molecule has 4 saturated heterocycles. The third-order valence-electron chi connectivity index (χ3n) is 21.0. The van der Waals surface area contributed by atoms with Crippen molar-refractivity contribution >= 4 is 11.9 Å². The quantitative estimate of drug-likeness (QED) is 0.0761. The second-order valence-electron chi connectivity index (χ2n) is 25.8. The van der Waals surface area contributed by atoms with Crippen molar-refractivity contribution in [1.82, 2.24) is 0 Å². The molecule has 0 unspecified atom stereocenters. The van der Waals surface area contributed by atoms with Crippen molar-refractivity contribution in [2.24, 2.45) is 50.2 Å². The lowest BCUT2D eigenvalue weighted by molar-refractivity contribution is -0.363. The molecule has 0 spiro atoms. The average molecular weight is 1070 g/mol. The second kappa shape index (κ2) is 20.5. The highest BCUT2D eigenvalue weighted by Crippen LogP contribution is 2.76. The van der Waals surface area contributed by atoms with Crippen LogP contribution in [0.5, 0.6) is 0 Å². The number of aliphatic carboxylic acids is 1. The molecule has 9 aliphatic rings. The first-order chi connectivity index (χ1) is 35.0. The Bertz CT molecular complexity index is 2130. The SMILES string of the molecule is C[C@@H]1O[C@H](O[C@H]2[C@H](O)[C@@H](O[C@H]3CC[C@]4(C)[C@H]5CC=C6[C@H]7CC(C)(C)CC[C@@]7(C(=O)O[C@H]7O[C@@H](CO)[C@H](O)[C@@H](O)[C@@H]7O[C@H]7OC[C@H](O)[C@@H](O)[C@@H]7O)CC[C@]6(C)[C@@]5(C)CC[C@H]4C3(C)C)O[C@@H](C(=O)O)[C@@H]2O)[C@@H](O)[C@H](O)[C@H]1O. The van der Waals surface area contributed by atoms with Gasteiger partial charge in [-0.25, -0.2) is 4.79 Å². The van der Waals surface area contributed by atoms with E-state index in [-0.39, 0.29) is 39.4 Å². The maximum atomic E-state index is 15.2. The fourth-order valence-corrected chi connectivity index (χ4v) is 16.2. The number of hydrogen-bond donors (Lipinski definition) is 12. The summed E-state index contributed by atoms with van der Waals surface area (Å²) in [5.74, 6) is -2.10. The van der Waals surface area contributed by atoms with Crippen LogP contribution in [-0.4, -0.2) is 209 Å². The van der Waals surface area contributed by atoms with E-state index in [0.717, 1.165) is 25.7 Å². The maximum Gasteiger partial charge on any atom is 0.335 e. The average Bonchev–Trinajstić information content (AvgIpc) is 3.34. The zero-order valence-corrected chi connectivity index (χ0v) is 44.3. The van der Waals surface area contributed by atoms with E-state index in [2.05, 4.69) is 54.5 Å². The van der Waals surface area contributed by atoms with Gasteiger partial charge in [-0.3, -0.25) is 4.79 Å². The molecule has 8 fully saturated rings. The van der Waals surface area contributed by atoms with E-state index in [1.165, 1.54) is 12.5 Å². The van der Waals surface area contributed by atoms with Gasteiger partial charge in [0, 0.05) is 0 Å². The number of allylic oxidation sites excluding steroid dienone is 2. The van der Waals surface area contributed by atoms with Crippen LogP contribution < -0.4 is 0 Å². The van der Waals surface area contributed by atoms with Crippen LogP contribution in [0.25, 0.3) is 0 Å². The first-order valence-corrected chi connectivity index (χ1v) is 27.1. The molecule has 27 atom stereocenters. The minimum atomic E-state index is -1.93. The molecule has 0 bridgehead atoms. The standard InChI is InChI=1S/C53H84O22/c1-22-30(56)33(59)36(62)44(69-22)72-39-37(63)40(42(65)66)73-45(38(39)64)71-29-12-13-50(6)27(49(29,4)5)11-14-52(8)28(50)10-9-23-24-19-48(2,3)15-17-53(24,18-16-51(23,52)7)47(67)75-46-41(34(60)32(58)26(20-54)70-46)74-43-35(61)31(57)25(55)21-68-43/h9,22,24-41,43-46,54-64H,10-21H2,1-8H3,(H,65,66)/t22-,24+,25-,26-,27-,28+,29-,30-,31+,32-,33+,34+,35-,36-,37+,38-,39+,40+,41-,43+,44+,45-,46+,50-,51-,52-,53+/m0/s1. The summed E-state index contributed by atoms with van der Waals surface area (Å²) in [6.07, 6.45) is -22.5. The lowest BCUT2D eigenvalue weighted by atomic mass is 9.33. The normalized spacial score (nSPS) is 53.5. The fourth-order valence-electron chi connectivity index (χ4n) is 16.2. The fraction of sp³-hybridized carbons (Fsp3) is 0.925. The molecule has 75 heavy (non-hydrogen) atoms. The van der Waals surface area contributed by atoms with Crippen LogP contribution >= 0.6 is 0 Å². The molecule has 22 heteroatoms. The van der Waals surface area contributed by atoms with Crippen LogP contribution in [0.3, 0.4) is 0 Å². The first-order valence-electron chi connectivity index (χ1n) is 27.1. The summed E-state index contributed by atoms with van der Waals surface area (Å²) in [5, 5.41) is 128. The van der Waals surface area contributed by atoms with E-state index in [0.29, 0.717) is 38.5 Å². The molecule has 5 aliphatic carbocycles. The highest BCUT2D eigenvalue weighted by atomic mass is 16.8. The number of aliphatic hydroxyl groups excluding tert-OH is 11. The van der Waals surface area contributed by atoms with Crippen molar-refractivity contribution in [1.29, 1.82) is 0 Å². The van der Waals surface area contributed by atoms with Gasteiger partial charge in [0.25, 0.3) is 0 Å². The monoisotopic (exact) mass is 1070 g/mol. The molecule has 22 nitrogen and oxygen atoms in total. The van der Waals surface area contributed by atoms with Gasteiger partial charge in [-0.15, -0.1) is 0 Å². The van der Waals surface area contributed by atoms with Crippen LogP contribution in [-0.2, 0) is 47.5 Å². The van der Waals surface area contributed by atoms with E-state index in [9.17, 15) is 66.1 Å². The van der Waals surface area contributed by atoms with Crippen molar-refractivity contribution in [3.8, 4) is 0 Å². The van der Waals surface area contributed by atoms with Crippen molar-refractivity contribution in [2.45, 2.75) is 242 Å². The van der Waals surface area contributed by atoms with Crippen LogP contribution in [0.1, 0.15) is 120 Å². The maximum absolute atomic E-state index is 15.2. The summed E-state index contributed by atoms with van der Waals surface area (Å²) in [7, 11) is 0. The van der Waals surface area contributed by atoms with E-state index in [1.807, 2.05) is 0 Å². The first kappa shape index (κ1) is 57.6. The number of ether oxygens (including phenoxy) is 8. The van der Waals surface area contributed by atoms with Gasteiger partial charge in [-0.1, -0.05) is 60.1 Å². The molecule has 4 heterocycles. The Balaban J connectivity index is 0.953. The van der Waals surface area contributed by atoms with Gasteiger partial charge < -0.3 is 99.2 Å². The Labute approximate surface area is 437 Å². The molecule has 0 aromatic heterocycles. The number of carbonyl (C=O) groups is 2. The van der Waals surface area contributed by atoms with Crippen LogP contribution in [0.15, 0.2) is 11.6 Å². The number of aliphatic hydroxyl groups is 11. The Hall–Kier alpha value is -2.04. The summed E-state index contributed by atoms with van der Waals surface area (Å²) >= 11 is 0. The topological polar surface area (TPSA) is 351 Å². The predicted molar refractivity (Wildman–Crippen MR) is 256 cm³/mol. The van der Waals surface area contributed by atoms with Gasteiger partial charge in [0.15, 0.2) is 31.1 Å². The Morgan fingerprint density at radius 2 is 1.29 bits per heavy atom. The van der Waals surface area contributed by atoms with Crippen molar-refractivity contribution in [3.05, 3.63) is 11.6 Å². The zero-order valence-electron chi connectivity index (χ0n) is 44.3. The van der Waals surface area contributed by atoms with Crippen molar-refractivity contribution < 1.29 is 109 Å². The van der Waals surface area contributed by atoms with Crippen LogP contribution in [0.4, 0.5) is 0 Å². The summed E-state index contributed by atoms with van der Waals surface area (Å²) in [5.41, 5.74) is -1.36. The summed E-state index contributed by atoms with van der Waals surface area (Å²) in [6.45, 7) is 16.1. The van der Waals surface area contributed by atoms with E-state index < -0.39 is 159 Å². The van der Waals surface area contributed by atoms with Gasteiger partial charge in [0.2, 0.25) is 6.29 Å². The molecular weight excluding hydrogens is 989 g/mol. The van der Waals surface area contributed by atoms with Crippen LogP contribution in [0, 0.1) is 50.2 Å². The Morgan fingerprint density at radius 3 is 1.97 bits per heavy atom. The number of fused-ring (bicyclic) bond motifs is 7. The number of esters is 1. The molecule has 0 aromatic rings. The molecule has 0 aromatic carbocycles. The lowest BCUT2D eigenvalue weighted by Gasteiger charge is -2.71. The van der Waals surface area contributed by atoms with E-state index in [4.69, 9.17) is 37.9 Å². The minimum Gasteiger partial charge on any atom is -0.479 e. The highest BCUT2D eigenvalue weighted by molar-refractivity contribution is 5.79. The van der Waals surface area contributed by atoms with E-state index in [1.54, 1.807) is 0 Å². The smallest absolute Gasteiger partial charge is 0.335 e. The van der Waals surface area contributed by atoms with Gasteiger partial charge >= 0.3 is 11.9 Å². The lowest BCUT2D eigenvalue weighted by Crippen LogP contribution is -2.67. The van der Waals surface area contributed by atoms with E-state index >= 15 is 4.79 Å². The molecular formula is C53H84O22. The number of carboxylic acids is 1. The Kier molecular flexibility index (Phi) is 15.8. The van der Waals surface area contributed by atoms with Gasteiger partial charge in [-0.05, 0) is 116 Å². The summed E-state index contributed by atoms with van der Waals surface area (Å²) in [6, 6.07) is 0. The highest BCUT2D eigenvalue weighted by Gasteiger charge is 2.70. The molecule has 12 N–H and O–H groups in total. The number of hydrogen-bond acceptors (Lipinski definition) is 21. The van der Waals surface area contributed by atoms with Crippen molar-refractivity contribution in [3.63, 3.8) is 0 Å². The predicted octanol–water partition coefficient (Wildman–Crippen LogP) is -0.276. The number of rotatable bonds is 10. The van der Waals surface area contributed by atoms with Gasteiger partial charge in [0.05, 0.1) is 30.8 Å². The van der Waals surface area contributed by atoms with Crippen LogP contribution in [0.2, 0.25) is 0 Å². The number of carbonyl (C=O) groups excluding carboxylic acids is 1. The van der Waals surface area contributed by atoms with Gasteiger partial charge in [0.1, 0.15) is 73.2 Å². The summed E-state index contributed by atoms with van der Waals surface area (Å²) in [4.78, 5) is 27.7.